The molecule has 1 aromatic carbocycles. The van der Waals surface area contributed by atoms with Crippen molar-refractivity contribution < 1.29 is 13.5 Å². The first-order valence-electron chi connectivity index (χ1n) is 9.85. The summed E-state index contributed by atoms with van der Waals surface area (Å²) in [7, 11) is 1.74. The molecule has 0 spiro atoms. The lowest BCUT2D eigenvalue weighted by atomic mass is 10.0. The Labute approximate surface area is 160 Å². The molecule has 0 amide bonds. The number of nitrogens with one attached hydrogen (secondary N) is 2. The van der Waals surface area contributed by atoms with E-state index in [1.54, 1.807) is 7.05 Å². The second-order valence-electron chi connectivity index (χ2n) is 7.43. The van der Waals surface area contributed by atoms with Gasteiger partial charge in [-0.15, -0.1) is 0 Å². The van der Waals surface area contributed by atoms with Crippen LogP contribution in [-0.2, 0) is 11.2 Å². The molecule has 1 aromatic rings. The molecule has 5 nitrogen and oxygen atoms in total. The van der Waals surface area contributed by atoms with Gasteiger partial charge in [-0.25, -0.2) is 8.78 Å². The molecule has 0 aromatic heterocycles. The minimum absolute atomic E-state index is 0.398. The molecule has 1 unspecified atom stereocenters. The van der Waals surface area contributed by atoms with Gasteiger partial charge in [0.05, 0.1) is 6.61 Å². The zero-order chi connectivity index (χ0) is 19.1. The van der Waals surface area contributed by atoms with Gasteiger partial charge in [0, 0.05) is 51.9 Å². The lowest BCUT2D eigenvalue weighted by molar-refractivity contribution is 0.150. The van der Waals surface area contributed by atoms with Crippen LogP contribution in [-0.4, -0.2) is 63.3 Å². The summed E-state index contributed by atoms with van der Waals surface area (Å²) in [5.41, 5.74) is 0.503. The van der Waals surface area contributed by atoms with Crippen LogP contribution in [0.5, 0.6) is 0 Å². The van der Waals surface area contributed by atoms with Gasteiger partial charge in [0.25, 0.3) is 0 Å². The topological polar surface area (TPSA) is 48.9 Å². The van der Waals surface area contributed by atoms with Crippen LogP contribution in [0.15, 0.2) is 23.2 Å². The number of hydrogen-bond acceptors (Lipinski definition) is 3. The number of ether oxygens (including phenoxy) is 1. The van der Waals surface area contributed by atoms with Crippen molar-refractivity contribution in [2.24, 2.45) is 10.9 Å². The highest BCUT2D eigenvalue weighted by molar-refractivity contribution is 5.79. The smallest absolute Gasteiger partial charge is 0.191 e. The summed E-state index contributed by atoms with van der Waals surface area (Å²) in [6.45, 7) is 5.68. The molecular formula is C20H30F2N4O. The number of benzene rings is 1. The van der Waals surface area contributed by atoms with Crippen LogP contribution >= 0.6 is 0 Å². The van der Waals surface area contributed by atoms with E-state index >= 15 is 0 Å². The van der Waals surface area contributed by atoms with Gasteiger partial charge in [-0.05, 0) is 43.2 Å². The largest absolute Gasteiger partial charge is 0.381 e. The minimum atomic E-state index is -0.548. The standard InChI is InChI=1S/C20H30F2N4O/c1-23-20(24-8-4-16-2-3-17(21)12-19(16)22)25-18-5-9-26(10-6-18)13-15-7-11-27-14-15/h2-3,12,15,18H,4-11,13-14H2,1H3,(H2,23,24,25). The molecule has 2 saturated heterocycles. The summed E-state index contributed by atoms with van der Waals surface area (Å²) in [5, 5.41) is 6.69. The maximum Gasteiger partial charge on any atom is 0.191 e. The molecule has 27 heavy (non-hydrogen) atoms. The van der Waals surface area contributed by atoms with Crippen LogP contribution in [0.1, 0.15) is 24.8 Å². The summed E-state index contributed by atoms with van der Waals surface area (Å²) in [5.74, 6) is 0.379. The normalized spacial score (nSPS) is 22.2. The molecular weight excluding hydrogens is 350 g/mol. The predicted octanol–water partition coefficient (Wildman–Crippen LogP) is 2.17. The SMILES string of the molecule is CN=C(NCCc1ccc(F)cc1F)NC1CCN(CC2CCOC2)CC1. The Hall–Kier alpha value is -1.73. The van der Waals surface area contributed by atoms with Gasteiger partial charge in [-0.2, -0.15) is 0 Å². The maximum absolute atomic E-state index is 13.7. The lowest BCUT2D eigenvalue weighted by Crippen LogP contribution is -2.49. The number of piperidine rings is 1. The van der Waals surface area contributed by atoms with Crippen LogP contribution in [0.3, 0.4) is 0 Å². The number of guanidine groups is 1. The highest BCUT2D eigenvalue weighted by atomic mass is 19.1. The van der Waals surface area contributed by atoms with Gasteiger partial charge in [-0.3, -0.25) is 4.99 Å². The average Bonchev–Trinajstić information content (AvgIpc) is 3.17. The number of rotatable bonds is 6. The van der Waals surface area contributed by atoms with E-state index < -0.39 is 11.6 Å². The summed E-state index contributed by atoms with van der Waals surface area (Å²) in [6, 6.07) is 4.10. The maximum atomic E-state index is 13.7. The van der Waals surface area contributed by atoms with Gasteiger partial charge in [0.1, 0.15) is 11.6 Å². The Kier molecular flexibility index (Phi) is 7.41. The molecule has 0 radical (unpaired) electrons. The quantitative estimate of drug-likeness (QED) is 0.587. The molecule has 0 saturated carbocycles. The van der Waals surface area contributed by atoms with Crippen molar-refractivity contribution in [1.82, 2.24) is 15.5 Å². The Morgan fingerprint density at radius 1 is 1.26 bits per heavy atom. The lowest BCUT2D eigenvalue weighted by Gasteiger charge is -2.34. The Bertz CT molecular complexity index is 626. The molecule has 2 aliphatic heterocycles. The summed E-state index contributed by atoms with van der Waals surface area (Å²) < 4.78 is 32.1. The summed E-state index contributed by atoms with van der Waals surface area (Å²) in [4.78, 5) is 6.80. The first kappa shape index (κ1) is 20.0. The third-order valence-corrected chi connectivity index (χ3v) is 5.39. The van der Waals surface area contributed by atoms with Gasteiger partial charge < -0.3 is 20.3 Å². The fraction of sp³-hybridized carbons (Fsp3) is 0.650. The third-order valence-electron chi connectivity index (χ3n) is 5.39. The molecule has 7 heteroatoms. The summed E-state index contributed by atoms with van der Waals surface area (Å²) in [6.07, 6.45) is 3.83. The van der Waals surface area contributed by atoms with Crippen molar-refractivity contribution in [1.29, 1.82) is 0 Å². The minimum Gasteiger partial charge on any atom is -0.381 e. The van der Waals surface area contributed by atoms with Gasteiger partial charge in [0.15, 0.2) is 5.96 Å². The Morgan fingerprint density at radius 3 is 2.74 bits per heavy atom. The fourth-order valence-corrected chi connectivity index (χ4v) is 3.78. The summed E-state index contributed by atoms with van der Waals surface area (Å²) >= 11 is 0. The van der Waals surface area contributed by atoms with Gasteiger partial charge >= 0.3 is 0 Å². The molecule has 2 fully saturated rings. The number of hydrogen-bond donors (Lipinski definition) is 2. The number of nitrogens with zero attached hydrogens (tertiary/aromatic N) is 2. The van der Waals surface area contributed by atoms with Gasteiger partial charge in [0.2, 0.25) is 0 Å². The molecule has 2 N–H and O–H groups in total. The van der Waals surface area contributed by atoms with Crippen molar-refractivity contribution in [2.75, 3.05) is 46.4 Å². The van der Waals surface area contributed by atoms with Crippen LogP contribution in [0.4, 0.5) is 8.78 Å². The highest BCUT2D eigenvalue weighted by Crippen LogP contribution is 2.17. The number of aliphatic imine (C=N–C) groups is 1. The van der Waals surface area contributed by atoms with Crippen molar-refractivity contribution in [3.05, 3.63) is 35.4 Å². The molecule has 2 aliphatic rings. The van der Waals surface area contributed by atoms with E-state index in [9.17, 15) is 8.78 Å². The number of likely N-dealkylation sites (tertiary alicyclic amines) is 1. The van der Waals surface area contributed by atoms with E-state index in [0.29, 0.717) is 30.5 Å². The van der Waals surface area contributed by atoms with E-state index in [1.165, 1.54) is 18.6 Å². The zero-order valence-corrected chi connectivity index (χ0v) is 16.0. The molecule has 0 aliphatic carbocycles. The predicted molar refractivity (Wildman–Crippen MR) is 103 cm³/mol. The molecule has 1 atom stereocenters. The second kappa shape index (κ2) is 9.99. The van der Waals surface area contributed by atoms with E-state index in [4.69, 9.17) is 4.74 Å². The van der Waals surface area contributed by atoms with Crippen molar-refractivity contribution in [2.45, 2.75) is 31.7 Å². The van der Waals surface area contributed by atoms with E-state index in [0.717, 1.165) is 57.7 Å². The van der Waals surface area contributed by atoms with Crippen LogP contribution in [0.25, 0.3) is 0 Å². The van der Waals surface area contributed by atoms with Crippen LogP contribution in [0.2, 0.25) is 0 Å². The van der Waals surface area contributed by atoms with Gasteiger partial charge in [-0.1, -0.05) is 6.07 Å². The Morgan fingerprint density at radius 2 is 2.07 bits per heavy atom. The van der Waals surface area contributed by atoms with Crippen molar-refractivity contribution >= 4 is 5.96 Å². The first-order valence-corrected chi connectivity index (χ1v) is 9.85. The number of halogens is 2. The first-order chi connectivity index (χ1) is 13.1. The van der Waals surface area contributed by atoms with E-state index in [2.05, 4.69) is 20.5 Å². The molecule has 150 valence electrons. The third kappa shape index (κ3) is 6.14. The van der Waals surface area contributed by atoms with E-state index in [1.807, 2.05) is 0 Å². The molecule has 0 bridgehead atoms. The molecule has 2 heterocycles. The van der Waals surface area contributed by atoms with Crippen molar-refractivity contribution in [3.63, 3.8) is 0 Å². The fourth-order valence-electron chi connectivity index (χ4n) is 3.78. The van der Waals surface area contributed by atoms with Crippen molar-refractivity contribution in [3.8, 4) is 0 Å². The second-order valence-corrected chi connectivity index (χ2v) is 7.43. The van der Waals surface area contributed by atoms with Crippen LogP contribution in [0, 0.1) is 17.6 Å². The van der Waals surface area contributed by atoms with E-state index in [-0.39, 0.29) is 0 Å². The Balaban J connectivity index is 1.36. The van der Waals surface area contributed by atoms with Crippen LogP contribution < -0.4 is 10.6 Å². The molecule has 3 rings (SSSR count). The average molecular weight is 380 g/mol. The highest BCUT2D eigenvalue weighted by Gasteiger charge is 2.24. The monoisotopic (exact) mass is 380 g/mol. The zero-order valence-electron chi connectivity index (χ0n) is 16.0.